The summed E-state index contributed by atoms with van der Waals surface area (Å²) < 4.78 is 23.0. The van der Waals surface area contributed by atoms with Crippen molar-refractivity contribution in [2.45, 2.75) is 51.0 Å². The number of aromatic nitrogens is 2. The summed E-state index contributed by atoms with van der Waals surface area (Å²) in [7, 11) is -1.15. The molecule has 0 amide bonds. The molecular weight excluding hydrogens is 276 g/mol. The smallest absolute Gasteiger partial charge is 0.209 e. The number of hydrogen-bond acceptors (Lipinski definition) is 5. The molecule has 0 aromatic carbocycles. The predicted molar refractivity (Wildman–Crippen MR) is 76.7 cm³/mol. The molecule has 110 valence electrons. The highest BCUT2D eigenvalue weighted by molar-refractivity contribution is 7.84. The van der Waals surface area contributed by atoms with Crippen LogP contribution in [0.4, 0.5) is 0 Å². The van der Waals surface area contributed by atoms with Crippen molar-refractivity contribution in [2.24, 2.45) is 0 Å². The van der Waals surface area contributed by atoms with Gasteiger partial charge in [0.25, 0.3) is 0 Å². The van der Waals surface area contributed by atoms with E-state index in [1.54, 1.807) is 12.3 Å². The zero-order chi connectivity index (χ0) is 14.9. The van der Waals surface area contributed by atoms with Gasteiger partial charge in [-0.25, -0.2) is 4.98 Å². The van der Waals surface area contributed by atoms with E-state index in [4.69, 9.17) is 8.94 Å². The van der Waals surface area contributed by atoms with Gasteiger partial charge < -0.3 is 8.94 Å². The van der Waals surface area contributed by atoms with Crippen LogP contribution in [0, 0.1) is 6.92 Å². The van der Waals surface area contributed by atoms with Gasteiger partial charge >= 0.3 is 0 Å². The maximum absolute atomic E-state index is 12.3. The van der Waals surface area contributed by atoms with Crippen LogP contribution in [0.5, 0.6) is 0 Å². The molecule has 0 aliphatic heterocycles. The first-order valence-electron chi connectivity index (χ1n) is 6.53. The van der Waals surface area contributed by atoms with Gasteiger partial charge in [-0.1, -0.05) is 25.9 Å². The summed E-state index contributed by atoms with van der Waals surface area (Å²) in [4.78, 5) is 4.25. The number of rotatable bonds is 4. The summed E-state index contributed by atoms with van der Waals surface area (Å²) in [5, 5.41) is 3.58. The van der Waals surface area contributed by atoms with E-state index in [1.165, 1.54) is 0 Å². The molecule has 0 unspecified atom stereocenters. The van der Waals surface area contributed by atoms with Gasteiger partial charge in [-0.15, -0.1) is 0 Å². The summed E-state index contributed by atoms with van der Waals surface area (Å²) in [6, 6.07) is 1.79. The van der Waals surface area contributed by atoms with Gasteiger partial charge in [-0.05, 0) is 13.8 Å². The van der Waals surface area contributed by atoms with Crippen molar-refractivity contribution < 1.29 is 13.1 Å². The number of hydrogen-bond donors (Lipinski definition) is 0. The molecule has 0 saturated carbocycles. The monoisotopic (exact) mass is 296 g/mol. The normalized spacial score (nSPS) is 15.2. The van der Waals surface area contributed by atoms with Crippen LogP contribution in [0.2, 0.25) is 0 Å². The van der Waals surface area contributed by atoms with Gasteiger partial charge in [0.2, 0.25) is 5.89 Å². The molecule has 0 aliphatic rings. The Morgan fingerprint density at radius 1 is 1.40 bits per heavy atom. The standard InChI is InChI=1S/C14H20N2O3S/c1-9-6-11(16-19-9)8-20(17)10(2)13-15-7-12(18-13)14(3,4)5/h6-7,10H,8H2,1-5H3/t10-,20-/m1/s1. The molecule has 2 atom stereocenters. The molecule has 2 aromatic rings. The zero-order valence-corrected chi connectivity index (χ0v) is 13.3. The van der Waals surface area contributed by atoms with E-state index in [-0.39, 0.29) is 10.7 Å². The fourth-order valence-corrected chi connectivity index (χ4v) is 2.70. The summed E-state index contributed by atoms with van der Waals surface area (Å²) in [6.45, 7) is 9.82. The lowest BCUT2D eigenvalue weighted by molar-refractivity contribution is 0.382. The van der Waals surface area contributed by atoms with Crippen LogP contribution in [-0.4, -0.2) is 14.3 Å². The largest absolute Gasteiger partial charge is 0.444 e. The van der Waals surface area contributed by atoms with Crippen molar-refractivity contribution in [3.63, 3.8) is 0 Å². The quantitative estimate of drug-likeness (QED) is 0.866. The Morgan fingerprint density at radius 3 is 2.60 bits per heavy atom. The van der Waals surface area contributed by atoms with Crippen molar-refractivity contribution in [1.82, 2.24) is 10.1 Å². The third-order valence-electron chi connectivity index (χ3n) is 2.97. The lowest BCUT2D eigenvalue weighted by Crippen LogP contribution is -2.09. The number of aryl methyl sites for hydroxylation is 1. The van der Waals surface area contributed by atoms with Crippen molar-refractivity contribution in [1.29, 1.82) is 0 Å². The van der Waals surface area contributed by atoms with Gasteiger partial charge in [0.05, 0.1) is 17.6 Å². The Labute approximate surface area is 121 Å². The molecular formula is C14H20N2O3S. The Balaban J connectivity index is 2.08. The van der Waals surface area contributed by atoms with Gasteiger partial charge in [-0.3, -0.25) is 4.21 Å². The second kappa shape index (κ2) is 5.52. The van der Waals surface area contributed by atoms with E-state index in [0.29, 0.717) is 17.3 Å². The zero-order valence-electron chi connectivity index (χ0n) is 12.5. The highest BCUT2D eigenvalue weighted by Gasteiger charge is 2.24. The molecule has 0 bridgehead atoms. The van der Waals surface area contributed by atoms with Crippen molar-refractivity contribution in [3.8, 4) is 0 Å². The molecule has 5 nitrogen and oxygen atoms in total. The third kappa shape index (κ3) is 3.36. The lowest BCUT2D eigenvalue weighted by Gasteiger charge is -2.13. The van der Waals surface area contributed by atoms with Gasteiger partial charge in [0.1, 0.15) is 16.8 Å². The highest BCUT2D eigenvalue weighted by Crippen LogP contribution is 2.27. The lowest BCUT2D eigenvalue weighted by atomic mass is 9.94. The van der Waals surface area contributed by atoms with E-state index in [9.17, 15) is 4.21 Å². The molecule has 0 aliphatic carbocycles. The van der Waals surface area contributed by atoms with E-state index in [2.05, 4.69) is 30.9 Å². The molecule has 0 fully saturated rings. The van der Waals surface area contributed by atoms with Gasteiger partial charge in [0.15, 0.2) is 0 Å². The SMILES string of the molecule is Cc1cc(C[S@@](=O)[C@H](C)c2ncc(C(C)(C)C)o2)no1. The van der Waals surface area contributed by atoms with Crippen LogP contribution < -0.4 is 0 Å². The van der Waals surface area contributed by atoms with Crippen LogP contribution in [-0.2, 0) is 22.0 Å². The van der Waals surface area contributed by atoms with E-state index < -0.39 is 10.8 Å². The Kier molecular flexibility index (Phi) is 4.13. The molecule has 2 aromatic heterocycles. The van der Waals surface area contributed by atoms with E-state index in [1.807, 2.05) is 13.8 Å². The molecule has 0 radical (unpaired) electrons. The molecule has 0 spiro atoms. The second-order valence-corrected chi connectivity index (χ2v) is 7.67. The molecule has 0 N–H and O–H groups in total. The first-order valence-corrected chi connectivity index (χ1v) is 7.91. The topological polar surface area (TPSA) is 69.1 Å². The van der Waals surface area contributed by atoms with Crippen molar-refractivity contribution in [3.05, 3.63) is 35.4 Å². The molecule has 2 rings (SSSR count). The van der Waals surface area contributed by atoms with Crippen LogP contribution in [0.15, 0.2) is 21.2 Å². The number of nitrogens with zero attached hydrogens (tertiary/aromatic N) is 2. The Bertz CT molecular complexity index is 610. The third-order valence-corrected chi connectivity index (χ3v) is 4.54. The minimum atomic E-state index is -1.15. The fraction of sp³-hybridized carbons (Fsp3) is 0.571. The fourth-order valence-electron chi connectivity index (χ4n) is 1.69. The maximum Gasteiger partial charge on any atom is 0.209 e. The molecule has 6 heteroatoms. The minimum Gasteiger partial charge on any atom is -0.444 e. The average Bonchev–Trinajstić information content (AvgIpc) is 2.96. The van der Waals surface area contributed by atoms with Gasteiger partial charge in [-0.2, -0.15) is 0 Å². The summed E-state index contributed by atoms with van der Waals surface area (Å²) in [5.41, 5.74) is 0.589. The summed E-state index contributed by atoms with van der Waals surface area (Å²) in [6.07, 6.45) is 1.71. The average molecular weight is 296 g/mol. The minimum absolute atomic E-state index is 0.102. The number of oxazole rings is 1. The van der Waals surface area contributed by atoms with Crippen molar-refractivity contribution >= 4 is 10.8 Å². The Hall–Kier alpha value is -1.43. The highest BCUT2D eigenvalue weighted by atomic mass is 32.2. The van der Waals surface area contributed by atoms with E-state index in [0.717, 1.165) is 11.5 Å². The first-order chi connectivity index (χ1) is 9.27. The summed E-state index contributed by atoms with van der Waals surface area (Å²) in [5.74, 6) is 2.36. The van der Waals surface area contributed by atoms with Crippen LogP contribution >= 0.6 is 0 Å². The first kappa shape index (κ1) is 15.0. The van der Waals surface area contributed by atoms with Gasteiger partial charge in [0, 0.05) is 22.3 Å². The molecule has 20 heavy (non-hydrogen) atoms. The predicted octanol–water partition coefficient (Wildman–Crippen LogP) is 3.28. The van der Waals surface area contributed by atoms with Crippen LogP contribution in [0.3, 0.4) is 0 Å². The van der Waals surface area contributed by atoms with Crippen LogP contribution in [0.1, 0.15) is 56.1 Å². The van der Waals surface area contributed by atoms with E-state index >= 15 is 0 Å². The maximum atomic E-state index is 12.3. The molecule has 2 heterocycles. The second-order valence-electron chi connectivity index (χ2n) is 5.91. The summed E-state index contributed by atoms with van der Waals surface area (Å²) >= 11 is 0. The Morgan fingerprint density at radius 2 is 2.10 bits per heavy atom. The van der Waals surface area contributed by atoms with Crippen LogP contribution in [0.25, 0.3) is 0 Å². The van der Waals surface area contributed by atoms with Crippen molar-refractivity contribution in [2.75, 3.05) is 0 Å². The molecule has 0 saturated heterocycles.